The fourth-order valence-electron chi connectivity index (χ4n) is 9.23. The van der Waals surface area contributed by atoms with Gasteiger partial charge in [-0.2, -0.15) is 13.2 Å². The number of halogens is 3. The first-order valence-electron chi connectivity index (χ1n) is 19.9. The Bertz CT molecular complexity index is 3390. The summed E-state index contributed by atoms with van der Waals surface area (Å²) in [5, 5.41) is 4.01. The topological polar surface area (TPSA) is 14.2 Å². The van der Waals surface area contributed by atoms with Gasteiger partial charge in [-0.25, -0.2) is 4.85 Å². The van der Waals surface area contributed by atoms with Gasteiger partial charge in [-0.05, 0) is 111 Å². The van der Waals surface area contributed by atoms with Crippen LogP contribution in [-0.2, 0) is 6.18 Å². The number of aromatic nitrogens is 2. The van der Waals surface area contributed by atoms with E-state index >= 15 is 0 Å². The third kappa shape index (κ3) is 6.13. The van der Waals surface area contributed by atoms with Gasteiger partial charge in [0.15, 0.2) is 5.69 Å². The number of fused-ring (bicyclic) bond motifs is 6. The Morgan fingerprint density at radius 2 is 0.900 bits per heavy atom. The summed E-state index contributed by atoms with van der Waals surface area (Å²) in [7, 11) is 0. The summed E-state index contributed by atoms with van der Waals surface area (Å²) in [6, 6.07) is 51.3. The van der Waals surface area contributed by atoms with Crippen LogP contribution in [-0.4, -0.2) is 9.13 Å². The molecule has 0 aliphatic rings. The highest BCUT2D eigenvalue weighted by molar-refractivity contribution is 6.13. The second-order valence-electron chi connectivity index (χ2n) is 16.0. The van der Waals surface area contributed by atoms with Gasteiger partial charge in [-0.1, -0.05) is 119 Å². The number of hydrogen-bond donors (Lipinski definition) is 0. The average molecular weight is 786 g/mol. The Kier molecular flexibility index (Phi) is 8.55. The van der Waals surface area contributed by atoms with Gasteiger partial charge in [0.25, 0.3) is 0 Å². The fraction of sp³-hybridized carbons (Fsp3) is 0.0926. The van der Waals surface area contributed by atoms with Gasteiger partial charge in [0.2, 0.25) is 0 Å². The molecule has 0 spiro atoms. The minimum Gasteiger partial charge on any atom is -0.310 e. The van der Waals surface area contributed by atoms with E-state index in [1.807, 2.05) is 36.4 Å². The summed E-state index contributed by atoms with van der Waals surface area (Å²) < 4.78 is 48.6. The van der Waals surface area contributed by atoms with Crippen molar-refractivity contribution in [3.8, 4) is 44.8 Å². The number of hydrogen-bond acceptors (Lipinski definition) is 0. The Labute approximate surface area is 346 Å². The first-order chi connectivity index (χ1) is 28.9. The van der Waals surface area contributed by atoms with Gasteiger partial charge in [-0.15, -0.1) is 0 Å². The first kappa shape index (κ1) is 36.9. The van der Waals surface area contributed by atoms with Gasteiger partial charge >= 0.3 is 6.18 Å². The molecule has 2 heterocycles. The van der Waals surface area contributed by atoms with E-state index in [1.54, 1.807) is 24.3 Å². The van der Waals surface area contributed by atoms with E-state index in [9.17, 15) is 13.2 Å². The van der Waals surface area contributed by atoms with Crippen LogP contribution in [0.15, 0.2) is 158 Å². The highest BCUT2D eigenvalue weighted by atomic mass is 19.4. The van der Waals surface area contributed by atoms with Crippen molar-refractivity contribution >= 4 is 49.3 Å². The minimum atomic E-state index is -4.59. The molecule has 60 heavy (non-hydrogen) atoms. The molecule has 0 radical (unpaired) electrons. The van der Waals surface area contributed by atoms with Crippen molar-refractivity contribution in [3.63, 3.8) is 0 Å². The van der Waals surface area contributed by atoms with Crippen LogP contribution in [0.5, 0.6) is 0 Å². The lowest BCUT2D eigenvalue weighted by Gasteiger charge is -2.20. The van der Waals surface area contributed by atoms with Crippen LogP contribution in [0, 0.1) is 34.3 Å². The lowest BCUT2D eigenvalue weighted by atomic mass is 9.97. The largest absolute Gasteiger partial charge is 0.416 e. The number of benzene rings is 8. The van der Waals surface area contributed by atoms with Crippen molar-refractivity contribution in [2.45, 2.75) is 33.9 Å². The van der Waals surface area contributed by atoms with Crippen molar-refractivity contribution in [1.29, 1.82) is 0 Å². The van der Waals surface area contributed by atoms with Gasteiger partial charge in [0.05, 0.1) is 39.9 Å². The molecule has 10 aromatic rings. The maximum Gasteiger partial charge on any atom is 0.416 e. The van der Waals surface area contributed by atoms with Crippen LogP contribution in [0.4, 0.5) is 18.9 Å². The molecule has 10 rings (SSSR count). The summed E-state index contributed by atoms with van der Waals surface area (Å²) >= 11 is 0. The van der Waals surface area contributed by atoms with Gasteiger partial charge < -0.3 is 9.13 Å². The van der Waals surface area contributed by atoms with E-state index in [4.69, 9.17) is 6.57 Å². The number of para-hydroxylation sites is 2. The van der Waals surface area contributed by atoms with E-state index in [1.165, 1.54) is 34.4 Å². The fourth-order valence-corrected chi connectivity index (χ4v) is 9.23. The first-order valence-corrected chi connectivity index (χ1v) is 19.9. The maximum absolute atomic E-state index is 14.8. The average Bonchev–Trinajstić information content (AvgIpc) is 3.74. The van der Waals surface area contributed by atoms with Crippen LogP contribution < -0.4 is 0 Å². The van der Waals surface area contributed by atoms with Gasteiger partial charge in [0.1, 0.15) is 0 Å². The highest BCUT2D eigenvalue weighted by Gasteiger charge is 2.32. The zero-order valence-electron chi connectivity index (χ0n) is 33.5. The molecule has 0 aliphatic carbocycles. The van der Waals surface area contributed by atoms with Crippen molar-refractivity contribution in [1.82, 2.24) is 9.13 Å². The third-order valence-electron chi connectivity index (χ3n) is 11.7. The summed E-state index contributed by atoms with van der Waals surface area (Å²) in [5.74, 6) is 0. The van der Waals surface area contributed by atoms with Crippen LogP contribution in [0.2, 0.25) is 0 Å². The van der Waals surface area contributed by atoms with Crippen LogP contribution in [0.25, 0.3) is 93.2 Å². The normalized spacial score (nSPS) is 11.9. The Balaban J connectivity index is 1.26. The Morgan fingerprint density at radius 1 is 0.417 bits per heavy atom. The maximum atomic E-state index is 14.8. The molecular weight excluding hydrogens is 748 g/mol. The van der Waals surface area contributed by atoms with Gasteiger partial charge in [-0.3, -0.25) is 0 Å². The molecule has 2 aromatic heterocycles. The zero-order valence-corrected chi connectivity index (χ0v) is 33.5. The lowest BCUT2D eigenvalue weighted by Crippen LogP contribution is -2.08. The monoisotopic (exact) mass is 785 g/mol. The van der Waals surface area contributed by atoms with Gasteiger partial charge in [0, 0.05) is 38.4 Å². The summed E-state index contributed by atoms with van der Waals surface area (Å²) in [5.41, 5.74) is 14.4. The molecule has 0 unspecified atom stereocenters. The number of nitrogens with zero attached hydrogens (tertiary/aromatic N) is 3. The number of aryl methyl sites for hydroxylation is 4. The van der Waals surface area contributed by atoms with E-state index in [-0.39, 0.29) is 0 Å². The van der Waals surface area contributed by atoms with Crippen molar-refractivity contribution < 1.29 is 13.2 Å². The van der Waals surface area contributed by atoms with Crippen LogP contribution in [0.1, 0.15) is 27.8 Å². The smallest absolute Gasteiger partial charge is 0.310 e. The Morgan fingerprint density at radius 3 is 1.40 bits per heavy atom. The van der Waals surface area contributed by atoms with Crippen molar-refractivity contribution in [3.05, 3.63) is 197 Å². The summed E-state index contributed by atoms with van der Waals surface area (Å²) in [6.07, 6.45) is -4.59. The molecule has 0 atom stereocenters. The molecule has 0 N–H and O–H groups in total. The molecule has 0 saturated heterocycles. The Hall–Kier alpha value is -7.36. The second kappa shape index (κ2) is 13.9. The molecule has 0 saturated carbocycles. The summed E-state index contributed by atoms with van der Waals surface area (Å²) in [4.78, 5) is 3.81. The number of rotatable bonds is 5. The van der Waals surface area contributed by atoms with Crippen molar-refractivity contribution in [2.24, 2.45) is 0 Å². The second-order valence-corrected chi connectivity index (χ2v) is 16.0. The highest BCUT2D eigenvalue weighted by Crippen LogP contribution is 2.45. The zero-order chi connectivity index (χ0) is 41.4. The number of alkyl halides is 3. The third-order valence-corrected chi connectivity index (χ3v) is 11.7. The predicted octanol–water partition coefficient (Wildman–Crippen LogP) is 15.7. The van der Waals surface area contributed by atoms with E-state index in [0.717, 1.165) is 65.9 Å². The van der Waals surface area contributed by atoms with Crippen LogP contribution in [0.3, 0.4) is 0 Å². The molecule has 0 amide bonds. The minimum absolute atomic E-state index is 0.385. The molecule has 0 bridgehead atoms. The SMILES string of the molecule is [C-]#[N+]c1ccc(-c2cc(C(F)(F)F)ccc2-n2c3ccccc3c3cc(-c4cc(C)cc(C)c4)ccc32)c(-n2c3ccccc3c3cc(-c4cc(C)cc(C)c4)ccc32)c1. The molecule has 8 aromatic carbocycles. The molecule has 6 heteroatoms. The van der Waals surface area contributed by atoms with E-state index < -0.39 is 11.7 Å². The standard InChI is InChI=1S/C54H38F3N3/c1-32-22-33(2)25-38(24-32)36-14-19-50-45(28-36)42-10-6-8-12-48(42)59(50)52-21-16-40(54(55,56)57)30-47(52)44-18-17-41(58-5)31-53(44)60-49-13-9-7-11-43(49)46-29-37(15-20-51(46)60)39-26-34(3)23-35(4)27-39/h6-31H,1-4H3. The molecule has 290 valence electrons. The van der Waals surface area contributed by atoms with E-state index in [0.29, 0.717) is 28.2 Å². The molecule has 0 aliphatic heterocycles. The van der Waals surface area contributed by atoms with Crippen molar-refractivity contribution in [2.75, 3.05) is 0 Å². The quantitative estimate of drug-likeness (QED) is 0.154. The molecule has 3 nitrogen and oxygen atoms in total. The van der Waals surface area contributed by atoms with Crippen LogP contribution >= 0.6 is 0 Å². The summed E-state index contributed by atoms with van der Waals surface area (Å²) in [6.45, 7) is 16.4. The molecule has 0 fully saturated rings. The lowest BCUT2D eigenvalue weighted by molar-refractivity contribution is -0.137. The van der Waals surface area contributed by atoms with E-state index in [2.05, 4.69) is 127 Å². The predicted molar refractivity (Wildman–Crippen MR) is 242 cm³/mol. The molecular formula is C54H38F3N3.